The summed E-state index contributed by atoms with van der Waals surface area (Å²) in [4.78, 5) is 16.4. The Morgan fingerprint density at radius 1 is 1.38 bits per heavy atom. The normalized spacial score (nSPS) is 18.4. The van der Waals surface area contributed by atoms with E-state index < -0.39 is 9.84 Å². The number of aromatic nitrogens is 1. The van der Waals surface area contributed by atoms with Crippen molar-refractivity contribution >= 4 is 27.3 Å². The van der Waals surface area contributed by atoms with Gasteiger partial charge in [0, 0.05) is 17.3 Å². The molecule has 5 nitrogen and oxygen atoms in total. The second kappa shape index (κ2) is 6.75. The van der Waals surface area contributed by atoms with Gasteiger partial charge in [-0.15, -0.1) is 0 Å². The van der Waals surface area contributed by atoms with Crippen LogP contribution in [0.15, 0.2) is 12.1 Å². The first kappa shape index (κ1) is 16.2. The third-order valence-electron chi connectivity index (χ3n) is 3.51. The highest BCUT2D eigenvalue weighted by Crippen LogP contribution is 2.15. The van der Waals surface area contributed by atoms with Gasteiger partial charge < -0.3 is 5.32 Å². The van der Waals surface area contributed by atoms with E-state index in [1.165, 1.54) is 6.07 Å². The van der Waals surface area contributed by atoms with Crippen LogP contribution in [-0.4, -0.2) is 36.9 Å². The molecule has 0 unspecified atom stereocenters. The van der Waals surface area contributed by atoms with Gasteiger partial charge in [0.15, 0.2) is 0 Å². The first-order valence-corrected chi connectivity index (χ1v) is 9.27. The number of carbonyl (C=O) groups excluding carboxylic acids is 1. The molecule has 0 aliphatic carbocycles. The summed E-state index contributed by atoms with van der Waals surface area (Å²) in [6.45, 7) is 2.03. The average molecular weight is 331 g/mol. The second-order valence-electron chi connectivity index (χ2n) is 5.32. The number of pyridine rings is 1. The number of aryl methyl sites for hydroxylation is 1. The fraction of sp³-hybridized carbons (Fsp3) is 0.571. The van der Waals surface area contributed by atoms with Crippen molar-refractivity contribution < 1.29 is 13.2 Å². The van der Waals surface area contributed by atoms with Crippen molar-refractivity contribution in [1.29, 1.82) is 0 Å². The van der Waals surface area contributed by atoms with E-state index in [9.17, 15) is 13.2 Å². The van der Waals surface area contributed by atoms with Crippen molar-refractivity contribution in [2.45, 2.75) is 38.6 Å². The number of rotatable bonds is 4. The summed E-state index contributed by atoms with van der Waals surface area (Å²) in [5.74, 6) is 0.0488. The summed E-state index contributed by atoms with van der Waals surface area (Å²) in [6, 6.07) is 3.18. The number of hydrogen-bond donors (Lipinski definition) is 1. The van der Waals surface area contributed by atoms with Gasteiger partial charge in [0.25, 0.3) is 5.91 Å². The Hall–Kier alpha value is -1.14. The zero-order valence-corrected chi connectivity index (χ0v) is 13.5. The predicted octanol–water partition coefficient (Wildman–Crippen LogP) is 1.99. The van der Waals surface area contributed by atoms with Crippen LogP contribution < -0.4 is 5.32 Å². The maximum atomic E-state index is 12.2. The molecule has 2 rings (SSSR count). The maximum absolute atomic E-state index is 12.2. The molecule has 1 N–H and O–H groups in total. The number of amides is 1. The van der Waals surface area contributed by atoms with Crippen molar-refractivity contribution in [2.24, 2.45) is 0 Å². The van der Waals surface area contributed by atoms with Crippen LogP contribution in [0.3, 0.4) is 0 Å². The van der Waals surface area contributed by atoms with Gasteiger partial charge in [-0.05, 0) is 31.4 Å². The third-order valence-corrected chi connectivity index (χ3v) is 5.41. The SMILES string of the molecule is CCCc1cc(C(=O)NC2CCS(=O)(=O)CC2)cc(Cl)n1. The van der Waals surface area contributed by atoms with E-state index in [0.29, 0.717) is 23.6 Å². The van der Waals surface area contributed by atoms with Crippen molar-refractivity contribution in [1.82, 2.24) is 10.3 Å². The van der Waals surface area contributed by atoms with E-state index in [1.54, 1.807) is 6.07 Å². The highest BCUT2D eigenvalue weighted by Gasteiger charge is 2.25. The van der Waals surface area contributed by atoms with Crippen molar-refractivity contribution in [3.8, 4) is 0 Å². The van der Waals surface area contributed by atoms with Crippen molar-refractivity contribution in [3.63, 3.8) is 0 Å². The van der Waals surface area contributed by atoms with Crippen LogP contribution in [-0.2, 0) is 16.3 Å². The lowest BCUT2D eigenvalue weighted by Gasteiger charge is -2.23. The number of halogens is 1. The number of nitrogens with zero attached hydrogens (tertiary/aromatic N) is 1. The Morgan fingerprint density at radius 2 is 2.05 bits per heavy atom. The molecule has 1 aliphatic heterocycles. The van der Waals surface area contributed by atoms with Gasteiger partial charge in [-0.2, -0.15) is 0 Å². The topological polar surface area (TPSA) is 76.1 Å². The van der Waals surface area contributed by atoms with Crippen LogP contribution in [0.1, 0.15) is 42.2 Å². The lowest BCUT2D eigenvalue weighted by atomic mass is 10.1. The Balaban J connectivity index is 2.03. The summed E-state index contributed by atoms with van der Waals surface area (Å²) < 4.78 is 22.7. The molecular formula is C14H19ClN2O3S. The maximum Gasteiger partial charge on any atom is 0.251 e. The Morgan fingerprint density at radius 3 is 2.67 bits per heavy atom. The van der Waals surface area contributed by atoms with Crippen LogP contribution >= 0.6 is 11.6 Å². The molecular weight excluding hydrogens is 312 g/mol. The van der Waals surface area contributed by atoms with Crippen LogP contribution in [0.25, 0.3) is 0 Å². The van der Waals surface area contributed by atoms with E-state index in [2.05, 4.69) is 10.3 Å². The van der Waals surface area contributed by atoms with Gasteiger partial charge >= 0.3 is 0 Å². The monoisotopic (exact) mass is 330 g/mol. The molecule has 1 aromatic heterocycles. The minimum absolute atomic E-state index is 0.0948. The molecule has 1 aromatic rings. The zero-order valence-electron chi connectivity index (χ0n) is 11.9. The second-order valence-corrected chi connectivity index (χ2v) is 8.01. The van der Waals surface area contributed by atoms with Crippen molar-refractivity contribution in [3.05, 3.63) is 28.5 Å². The van der Waals surface area contributed by atoms with Gasteiger partial charge in [-0.1, -0.05) is 24.9 Å². The summed E-state index contributed by atoms with van der Waals surface area (Å²) in [5.41, 5.74) is 1.27. The van der Waals surface area contributed by atoms with Crippen LogP contribution in [0.5, 0.6) is 0 Å². The smallest absolute Gasteiger partial charge is 0.251 e. The Kier molecular flexibility index (Phi) is 5.22. The zero-order chi connectivity index (χ0) is 15.5. The van der Waals surface area contributed by atoms with E-state index >= 15 is 0 Å². The van der Waals surface area contributed by atoms with E-state index in [-0.39, 0.29) is 23.5 Å². The number of sulfone groups is 1. The molecule has 1 amide bonds. The highest BCUT2D eigenvalue weighted by molar-refractivity contribution is 7.91. The van der Waals surface area contributed by atoms with Gasteiger partial charge in [0.05, 0.1) is 11.5 Å². The van der Waals surface area contributed by atoms with E-state index in [4.69, 9.17) is 11.6 Å². The standard InChI is InChI=1S/C14H19ClN2O3S/c1-2-3-12-8-10(9-13(15)16-12)14(18)17-11-4-6-21(19,20)7-5-11/h8-9,11H,2-7H2,1H3,(H,17,18). The first-order valence-electron chi connectivity index (χ1n) is 7.07. The average Bonchev–Trinajstić information content (AvgIpc) is 2.41. The Bertz CT molecular complexity index is 617. The molecule has 1 aliphatic rings. The quantitative estimate of drug-likeness (QED) is 0.857. The summed E-state index contributed by atoms with van der Waals surface area (Å²) in [5, 5.41) is 3.18. The molecule has 1 saturated heterocycles. The number of carbonyl (C=O) groups is 1. The number of hydrogen-bond acceptors (Lipinski definition) is 4. The van der Waals surface area contributed by atoms with E-state index in [0.717, 1.165) is 18.5 Å². The van der Waals surface area contributed by atoms with Crippen molar-refractivity contribution in [2.75, 3.05) is 11.5 Å². The van der Waals surface area contributed by atoms with Crippen LogP contribution in [0, 0.1) is 0 Å². The lowest BCUT2D eigenvalue weighted by Crippen LogP contribution is -2.40. The van der Waals surface area contributed by atoms with Crippen LogP contribution in [0.2, 0.25) is 5.15 Å². The molecule has 0 bridgehead atoms. The fourth-order valence-corrected chi connectivity index (χ4v) is 4.09. The summed E-state index contributed by atoms with van der Waals surface area (Å²) in [7, 11) is -2.92. The molecule has 0 spiro atoms. The molecule has 116 valence electrons. The lowest BCUT2D eigenvalue weighted by molar-refractivity contribution is 0.0934. The Labute approximate surface area is 130 Å². The third kappa shape index (κ3) is 4.68. The molecule has 0 saturated carbocycles. The minimum atomic E-state index is -2.92. The van der Waals surface area contributed by atoms with Gasteiger partial charge in [0.2, 0.25) is 0 Å². The molecule has 7 heteroatoms. The molecule has 0 atom stereocenters. The van der Waals surface area contributed by atoms with Crippen LogP contribution in [0.4, 0.5) is 0 Å². The largest absolute Gasteiger partial charge is 0.349 e. The molecule has 2 heterocycles. The highest BCUT2D eigenvalue weighted by atomic mass is 35.5. The predicted molar refractivity (Wildman–Crippen MR) is 82.4 cm³/mol. The van der Waals surface area contributed by atoms with Gasteiger partial charge in [-0.3, -0.25) is 4.79 Å². The summed E-state index contributed by atoms with van der Waals surface area (Å²) in [6.07, 6.45) is 2.63. The van der Waals surface area contributed by atoms with Gasteiger partial charge in [0.1, 0.15) is 15.0 Å². The molecule has 21 heavy (non-hydrogen) atoms. The number of nitrogens with one attached hydrogen (secondary N) is 1. The molecule has 0 aromatic carbocycles. The minimum Gasteiger partial charge on any atom is -0.349 e. The van der Waals surface area contributed by atoms with E-state index in [1.807, 2.05) is 6.92 Å². The molecule has 1 fully saturated rings. The summed E-state index contributed by atoms with van der Waals surface area (Å²) >= 11 is 5.94. The first-order chi connectivity index (χ1) is 9.89. The van der Waals surface area contributed by atoms with Gasteiger partial charge in [-0.25, -0.2) is 13.4 Å². The molecule has 0 radical (unpaired) electrons. The fourth-order valence-electron chi connectivity index (χ4n) is 2.37.